The maximum absolute atomic E-state index is 10.9. The first-order valence-corrected chi connectivity index (χ1v) is 4.00. The molecule has 1 fully saturated rings. The van der Waals surface area contributed by atoms with Gasteiger partial charge in [0.1, 0.15) is 0 Å². The summed E-state index contributed by atoms with van der Waals surface area (Å²) in [5, 5.41) is -0.0149. The van der Waals surface area contributed by atoms with Crippen molar-refractivity contribution in [3.05, 3.63) is 0 Å². The van der Waals surface area contributed by atoms with E-state index in [1.165, 1.54) is 0 Å². The average molecular weight is 159 g/mol. The first-order valence-electron chi connectivity index (χ1n) is 3.18. The summed E-state index contributed by atoms with van der Waals surface area (Å²) in [6.07, 6.45) is 1.04. The van der Waals surface area contributed by atoms with E-state index in [2.05, 4.69) is 0 Å². The fourth-order valence-electron chi connectivity index (χ4n) is 0.943. The van der Waals surface area contributed by atoms with Crippen molar-refractivity contribution >= 4 is 22.0 Å². The highest BCUT2D eigenvalue weighted by Gasteiger charge is 2.30. The number of hydrogen-bond acceptors (Lipinski definition) is 4. The fourth-order valence-corrected chi connectivity index (χ4v) is 1.82. The lowest BCUT2D eigenvalue weighted by Gasteiger charge is -2.00. The normalized spacial score (nSPS) is 25.9. The highest BCUT2D eigenvalue weighted by molar-refractivity contribution is 8.26. The zero-order chi connectivity index (χ0) is 7.56. The number of nitrogens with two attached hydrogens (primary N) is 1. The Labute approximate surface area is 63.3 Å². The van der Waals surface area contributed by atoms with Crippen LogP contribution in [0.5, 0.6) is 0 Å². The van der Waals surface area contributed by atoms with Crippen molar-refractivity contribution in [1.82, 2.24) is 0 Å². The Morgan fingerprint density at radius 2 is 2.30 bits per heavy atom. The molecule has 0 radical (unpaired) electrons. The smallest absolute Gasteiger partial charge is 0.200 e. The first kappa shape index (κ1) is 7.75. The molecule has 0 aromatic carbocycles. The highest BCUT2D eigenvalue weighted by Crippen LogP contribution is 2.28. The summed E-state index contributed by atoms with van der Waals surface area (Å²) >= 11 is 0.835. The molecule has 0 saturated carbocycles. The lowest BCUT2D eigenvalue weighted by molar-refractivity contribution is -0.115. The minimum atomic E-state index is -0.0949. The Morgan fingerprint density at radius 1 is 1.60 bits per heavy atom. The van der Waals surface area contributed by atoms with Crippen LogP contribution < -0.4 is 5.73 Å². The largest absolute Gasteiger partial charge is 0.330 e. The van der Waals surface area contributed by atoms with Gasteiger partial charge in [0, 0.05) is 12.3 Å². The topological polar surface area (TPSA) is 60.2 Å². The molecular formula is C6H9NO2S. The molecule has 10 heavy (non-hydrogen) atoms. The van der Waals surface area contributed by atoms with Crippen LogP contribution in [0.15, 0.2) is 0 Å². The van der Waals surface area contributed by atoms with Gasteiger partial charge in [0.15, 0.2) is 10.2 Å². The molecule has 56 valence electrons. The summed E-state index contributed by atoms with van der Waals surface area (Å²) in [5.41, 5.74) is 5.24. The highest BCUT2D eigenvalue weighted by atomic mass is 32.2. The number of carbonyl (C=O) groups is 2. The molecule has 1 heterocycles. The Bertz CT molecular complexity index is 169. The van der Waals surface area contributed by atoms with Gasteiger partial charge in [0.05, 0.1) is 0 Å². The van der Waals surface area contributed by atoms with Gasteiger partial charge in [0.25, 0.3) is 0 Å². The van der Waals surface area contributed by atoms with Crippen molar-refractivity contribution in [3.63, 3.8) is 0 Å². The summed E-state index contributed by atoms with van der Waals surface area (Å²) in [7, 11) is 0. The van der Waals surface area contributed by atoms with Crippen LogP contribution in [0.4, 0.5) is 0 Å². The molecule has 1 aliphatic heterocycles. The van der Waals surface area contributed by atoms with Crippen molar-refractivity contribution in [2.45, 2.75) is 12.8 Å². The third kappa shape index (κ3) is 1.58. The van der Waals surface area contributed by atoms with Gasteiger partial charge in [-0.15, -0.1) is 0 Å². The van der Waals surface area contributed by atoms with Crippen LogP contribution in [0, 0.1) is 5.92 Å². The zero-order valence-corrected chi connectivity index (χ0v) is 6.32. The monoisotopic (exact) mass is 159 g/mol. The van der Waals surface area contributed by atoms with Crippen molar-refractivity contribution in [1.29, 1.82) is 0 Å². The second-order valence-electron chi connectivity index (χ2n) is 2.27. The molecule has 1 saturated heterocycles. The minimum Gasteiger partial charge on any atom is -0.330 e. The van der Waals surface area contributed by atoms with E-state index in [0.717, 1.165) is 11.8 Å². The molecule has 0 aromatic heterocycles. The van der Waals surface area contributed by atoms with Gasteiger partial charge in [-0.05, 0) is 24.7 Å². The molecule has 0 aliphatic carbocycles. The molecule has 1 rings (SSSR count). The third-order valence-corrected chi connectivity index (χ3v) is 2.40. The quantitative estimate of drug-likeness (QED) is 0.622. The molecule has 3 nitrogen and oxygen atoms in total. The summed E-state index contributed by atoms with van der Waals surface area (Å²) in [5.74, 6) is -0.0949. The minimum absolute atomic E-state index is 0.00421. The molecule has 0 bridgehead atoms. The summed E-state index contributed by atoms with van der Waals surface area (Å²) in [6, 6.07) is 0. The van der Waals surface area contributed by atoms with Gasteiger partial charge >= 0.3 is 0 Å². The van der Waals surface area contributed by atoms with E-state index in [-0.39, 0.29) is 16.1 Å². The van der Waals surface area contributed by atoms with Crippen molar-refractivity contribution < 1.29 is 9.59 Å². The SMILES string of the molecule is NCCC1CC(=O)SC1=O. The van der Waals surface area contributed by atoms with Crippen molar-refractivity contribution in [3.8, 4) is 0 Å². The molecule has 0 aromatic rings. The first-order chi connectivity index (χ1) is 4.74. The predicted octanol–water partition coefficient (Wildman–Crippen LogP) is 0.142. The molecule has 2 N–H and O–H groups in total. The Kier molecular flexibility index (Phi) is 2.45. The van der Waals surface area contributed by atoms with Crippen molar-refractivity contribution in [2.24, 2.45) is 11.7 Å². The summed E-state index contributed by atoms with van der Waals surface area (Å²) in [4.78, 5) is 21.5. The maximum Gasteiger partial charge on any atom is 0.200 e. The van der Waals surface area contributed by atoms with Gasteiger partial charge in [-0.1, -0.05) is 0 Å². The Morgan fingerprint density at radius 3 is 2.70 bits per heavy atom. The molecule has 1 unspecified atom stereocenters. The Balaban J connectivity index is 2.46. The summed E-state index contributed by atoms with van der Waals surface area (Å²) < 4.78 is 0. The van der Waals surface area contributed by atoms with Crippen LogP contribution in [0.3, 0.4) is 0 Å². The van der Waals surface area contributed by atoms with E-state index in [1.807, 2.05) is 0 Å². The van der Waals surface area contributed by atoms with E-state index in [0.29, 0.717) is 19.4 Å². The van der Waals surface area contributed by atoms with Crippen LogP contribution in [0.25, 0.3) is 0 Å². The predicted molar refractivity (Wildman–Crippen MR) is 39.4 cm³/mol. The lowest BCUT2D eigenvalue weighted by atomic mass is 10.1. The van der Waals surface area contributed by atoms with Crippen LogP contribution in [0.2, 0.25) is 0 Å². The number of carbonyl (C=O) groups excluding carboxylic acids is 2. The van der Waals surface area contributed by atoms with E-state index < -0.39 is 0 Å². The average Bonchev–Trinajstić information content (AvgIpc) is 2.13. The van der Waals surface area contributed by atoms with Crippen LogP contribution in [-0.4, -0.2) is 16.8 Å². The van der Waals surface area contributed by atoms with Gasteiger partial charge in [-0.3, -0.25) is 9.59 Å². The second-order valence-corrected chi connectivity index (χ2v) is 3.33. The van der Waals surface area contributed by atoms with E-state index in [9.17, 15) is 9.59 Å². The van der Waals surface area contributed by atoms with Crippen LogP contribution in [0.1, 0.15) is 12.8 Å². The molecule has 0 amide bonds. The molecule has 0 spiro atoms. The number of rotatable bonds is 2. The zero-order valence-electron chi connectivity index (χ0n) is 5.50. The second kappa shape index (κ2) is 3.16. The molecular weight excluding hydrogens is 150 g/mol. The van der Waals surface area contributed by atoms with Gasteiger partial charge in [-0.25, -0.2) is 0 Å². The maximum atomic E-state index is 10.9. The third-order valence-electron chi connectivity index (χ3n) is 1.48. The number of thioether (sulfide) groups is 1. The lowest BCUT2D eigenvalue weighted by Crippen LogP contribution is -2.11. The van der Waals surface area contributed by atoms with Crippen LogP contribution >= 0.6 is 11.8 Å². The van der Waals surface area contributed by atoms with E-state index in [4.69, 9.17) is 5.73 Å². The van der Waals surface area contributed by atoms with E-state index >= 15 is 0 Å². The standard InChI is InChI=1S/C6H9NO2S/c7-2-1-4-3-5(8)10-6(4)9/h4H,1-3,7H2. The summed E-state index contributed by atoms with van der Waals surface area (Å²) in [6.45, 7) is 0.490. The molecule has 1 atom stereocenters. The van der Waals surface area contributed by atoms with Gasteiger partial charge < -0.3 is 5.73 Å². The molecule has 1 aliphatic rings. The van der Waals surface area contributed by atoms with E-state index in [1.54, 1.807) is 0 Å². The molecule has 4 heteroatoms. The fraction of sp³-hybridized carbons (Fsp3) is 0.667. The van der Waals surface area contributed by atoms with Crippen molar-refractivity contribution in [2.75, 3.05) is 6.54 Å². The van der Waals surface area contributed by atoms with Gasteiger partial charge in [0.2, 0.25) is 0 Å². The number of hydrogen-bond donors (Lipinski definition) is 1. The Hall–Kier alpha value is -0.350. The van der Waals surface area contributed by atoms with Gasteiger partial charge in [-0.2, -0.15) is 0 Å². The van der Waals surface area contributed by atoms with Crippen LogP contribution in [-0.2, 0) is 9.59 Å².